The summed E-state index contributed by atoms with van der Waals surface area (Å²) < 4.78 is 26.3. The number of benzene rings is 3. The first kappa shape index (κ1) is 21.4. The standard InChI is InChI=1S/C21H19BrN2O3S2/c1-29(26,27)24(19-13-7-5-11-17(19)22)15-21(25)23-18-12-6-8-14-20(18)28-16-9-3-2-4-10-16/h2-14H,15H2,1H3,(H,23,25). The van der Waals surface area contributed by atoms with Gasteiger partial charge in [0.05, 0.1) is 17.6 Å². The van der Waals surface area contributed by atoms with Crippen molar-refractivity contribution in [2.24, 2.45) is 0 Å². The van der Waals surface area contributed by atoms with Gasteiger partial charge in [0.15, 0.2) is 0 Å². The van der Waals surface area contributed by atoms with Gasteiger partial charge in [-0.3, -0.25) is 9.10 Å². The number of para-hydroxylation sites is 2. The lowest BCUT2D eigenvalue weighted by atomic mass is 10.3. The Hall–Kier alpha value is -2.29. The molecule has 150 valence electrons. The minimum atomic E-state index is -3.65. The molecule has 0 aromatic heterocycles. The molecule has 0 saturated heterocycles. The fraction of sp³-hybridized carbons (Fsp3) is 0.0952. The van der Waals surface area contributed by atoms with Gasteiger partial charge >= 0.3 is 0 Å². The number of sulfonamides is 1. The zero-order valence-electron chi connectivity index (χ0n) is 15.6. The number of nitrogens with zero attached hydrogens (tertiary/aromatic N) is 1. The molecule has 3 aromatic carbocycles. The van der Waals surface area contributed by atoms with E-state index in [1.165, 1.54) is 11.8 Å². The van der Waals surface area contributed by atoms with Crippen LogP contribution in [0.4, 0.5) is 11.4 Å². The van der Waals surface area contributed by atoms with E-state index < -0.39 is 15.9 Å². The number of carbonyl (C=O) groups is 1. The molecule has 0 fully saturated rings. The largest absolute Gasteiger partial charge is 0.323 e. The van der Waals surface area contributed by atoms with Gasteiger partial charge in [-0.1, -0.05) is 54.2 Å². The summed E-state index contributed by atoms with van der Waals surface area (Å²) in [5, 5.41) is 2.84. The van der Waals surface area contributed by atoms with Crippen molar-refractivity contribution in [3.05, 3.63) is 83.3 Å². The summed E-state index contributed by atoms with van der Waals surface area (Å²) >= 11 is 4.88. The molecule has 0 bridgehead atoms. The van der Waals surface area contributed by atoms with Gasteiger partial charge < -0.3 is 5.32 Å². The summed E-state index contributed by atoms with van der Waals surface area (Å²) in [6.45, 7) is -0.328. The van der Waals surface area contributed by atoms with Crippen LogP contribution < -0.4 is 9.62 Å². The van der Waals surface area contributed by atoms with E-state index in [0.717, 1.165) is 20.4 Å². The molecular formula is C21H19BrN2O3S2. The van der Waals surface area contributed by atoms with Crippen LogP contribution in [0, 0.1) is 0 Å². The molecule has 1 amide bonds. The molecule has 0 heterocycles. The molecular weight excluding hydrogens is 472 g/mol. The molecule has 0 unspecified atom stereocenters. The van der Waals surface area contributed by atoms with Crippen LogP contribution in [0.25, 0.3) is 0 Å². The Morgan fingerprint density at radius 1 is 0.966 bits per heavy atom. The summed E-state index contributed by atoms with van der Waals surface area (Å²) in [6, 6.07) is 24.1. The molecule has 29 heavy (non-hydrogen) atoms. The fourth-order valence-electron chi connectivity index (χ4n) is 2.63. The second kappa shape index (κ2) is 9.47. The molecule has 1 N–H and O–H groups in total. The molecule has 0 spiro atoms. The number of rotatable bonds is 7. The zero-order valence-corrected chi connectivity index (χ0v) is 18.8. The van der Waals surface area contributed by atoms with Gasteiger partial charge in [0.1, 0.15) is 6.54 Å². The number of carbonyl (C=O) groups excluding carboxylic acids is 1. The molecule has 3 aromatic rings. The van der Waals surface area contributed by atoms with E-state index in [2.05, 4.69) is 21.2 Å². The fourth-order valence-corrected chi connectivity index (χ4v) is 5.04. The van der Waals surface area contributed by atoms with Gasteiger partial charge in [-0.2, -0.15) is 0 Å². The number of hydrogen-bond donors (Lipinski definition) is 1. The van der Waals surface area contributed by atoms with Crippen molar-refractivity contribution in [2.45, 2.75) is 9.79 Å². The van der Waals surface area contributed by atoms with Crippen LogP contribution >= 0.6 is 27.7 Å². The Kier molecular flexibility index (Phi) is 7.00. The average Bonchev–Trinajstić information content (AvgIpc) is 2.68. The van der Waals surface area contributed by atoms with Crippen LogP contribution in [0.2, 0.25) is 0 Å². The number of hydrogen-bond acceptors (Lipinski definition) is 4. The van der Waals surface area contributed by atoms with Crippen LogP contribution in [0.15, 0.2) is 93.1 Å². The van der Waals surface area contributed by atoms with Crippen molar-refractivity contribution in [1.82, 2.24) is 0 Å². The van der Waals surface area contributed by atoms with Crippen molar-refractivity contribution in [3.63, 3.8) is 0 Å². The normalized spacial score (nSPS) is 11.1. The van der Waals surface area contributed by atoms with Crippen molar-refractivity contribution in [3.8, 4) is 0 Å². The van der Waals surface area contributed by atoms with Crippen LogP contribution in [-0.2, 0) is 14.8 Å². The van der Waals surface area contributed by atoms with Gasteiger partial charge in [-0.05, 0) is 52.3 Å². The molecule has 0 aliphatic rings. The number of nitrogens with one attached hydrogen (secondary N) is 1. The lowest BCUT2D eigenvalue weighted by molar-refractivity contribution is -0.114. The van der Waals surface area contributed by atoms with E-state index in [-0.39, 0.29) is 6.54 Å². The van der Waals surface area contributed by atoms with Crippen LogP contribution in [0.3, 0.4) is 0 Å². The molecule has 0 aliphatic heterocycles. The van der Waals surface area contributed by atoms with Crippen LogP contribution in [0.1, 0.15) is 0 Å². The Bertz CT molecular complexity index is 1110. The molecule has 3 rings (SSSR count). The highest BCUT2D eigenvalue weighted by Crippen LogP contribution is 2.33. The lowest BCUT2D eigenvalue weighted by Gasteiger charge is -2.23. The smallest absolute Gasteiger partial charge is 0.245 e. The Morgan fingerprint density at radius 3 is 2.28 bits per heavy atom. The molecule has 0 atom stereocenters. The first-order valence-corrected chi connectivity index (χ1v) is 12.1. The highest BCUT2D eigenvalue weighted by Gasteiger charge is 2.23. The van der Waals surface area contributed by atoms with E-state index in [1.807, 2.05) is 48.5 Å². The summed E-state index contributed by atoms with van der Waals surface area (Å²) in [6.07, 6.45) is 1.08. The van der Waals surface area contributed by atoms with Gasteiger partial charge in [-0.25, -0.2) is 8.42 Å². The van der Waals surface area contributed by atoms with Crippen molar-refractivity contribution < 1.29 is 13.2 Å². The SMILES string of the molecule is CS(=O)(=O)N(CC(=O)Nc1ccccc1Sc1ccccc1)c1ccccc1Br. The quantitative estimate of drug-likeness (QED) is 0.505. The Morgan fingerprint density at radius 2 is 1.59 bits per heavy atom. The summed E-state index contributed by atoms with van der Waals surface area (Å²) in [4.78, 5) is 14.6. The van der Waals surface area contributed by atoms with Crippen molar-refractivity contribution in [1.29, 1.82) is 0 Å². The van der Waals surface area contributed by atoms with E-state index in [4.69, 9.17) is 0 Å². The predicted octanol–water partition coefficient (Wildman–Crippen LogP) is 5.01. The maximum atomic E-state index is 12.7. The summed E-state index contributed by atoms with van der Waals surface area (Å²) in [5.41, 5.74) is 1.05. The highest BCUT2D eigenvalue weighted by atomic mass is 79.9. The Labute approximate surface area is 183 Å². The second-order valence-electron chi connectivity index (χ2n) is 6.18. The summed E-state index contributed by atoms with van der Waals surface area (Å²) in [7, 11) is -3.65. The molecule has 8 heteroatoms. The monoisotopic (exact) mass is 490 g/mol. The average molecular weight is 491 g/mol. The third-order valence-electron chi connectivity index (χ3n) is 3.94. The number of amides is 1. The van der Waals surface area contributed by atoms with Crippen molar-refractivity contribution >= 4 is 55.0 Å². The molecule has 0 aliphatic carbocycles. The minimum absolute atomic E-state index is 0.328. The van der Waals surface area contributed by atoms with E-state index in [1.54, 1.807) is 30.3 Å². The lowest BCUT2D eigenvalue weighted by Crippen LogP contribution is -2.37. The van der Waals surface area contributed by atoms with Crippen LogP contribution in [-0.4, -0.2) is 27.1 Å². The van der Waals surface area contributed by atoms with Gasteiger partial charge in [0.25, 0.3) is 0 Å². The third kappa shape index (κ3) is 5.85. The predicted molar refractivity (Wildman–Crippen MR) is 122 cm³/mol. The van der Waals surface area contributed by atoms with E-state index in [0.29, 0.717) is 15.8 Å². The zero-order chi connectivity index (χ0) is 20.9. The van der Waals surface area contributed by atoms with Gasteiger partial charge in [0.2, 0.25) is 15.9 Å². The third-order valence-corrected chi connectivity index (χ3v) is 6.82. The number of anilines is 2. The maximum absolute atomic E-state index is 12.7. The first-order valence-electron chi connectivity index (χ1n) is 8.68. The van der Waals surface area contributed by atoms with E-state index in [9.17, 15) is 13.2 Å². The van der Waals surface area contributed by atoms with Crippen LogP contribution in [0.5, 0.6) is 0 Å². The number of halogens is 1. The second-order valence-corrected chi connectivity index (χ2v) is 10.1. The highest BCUT2D eigenvalue weighted by molar-refractivity contribution is 9.10. The maximum Gasteiger partial charge on any atom is 0.245 e. The van der Waals surface area contributed by atoms with Gasteiger partial charge in [0, 0.05) is 14.3 Å². The summed E-state index contributed by atoms with van der Waals surface area (Å²) in [5.74, 6) is -0.424. The topological polar surface area (TPSA) is 66.5 Å². The molecule has 5 nitrogen and oxygen atoms in total. The van der Waals surface area contributed by atoms with E-state index >= 15 is 0 Å². The molecule has 0 saturated carbocycles. The van der Waals surface area contributed by atoms with Crippen molar-refractivity contribution in [2.75, 3.05) is 22.4 Å². The van der Waals surface area contributed by atoms with Gasteiger partial charge in [-0.15, -0.1) is 0 Å². The molecule has 0 radical (unpaired) electrons. The Balaban J connectivity index is 1.80. The first-order chi connectivity index (χ1) is 13.8. The minimum Gasteiger partial charge on any atom is -0.323 e.